The summed E-state index contributed by atoms with van der Waals surface area (Å²) in [7, 11) is -3.97. The number of nitrogen functional groups attached to an aromatic ring is 1. The quantitative estimate of drug-likeness (QED) is 0.884. The molecule has 0 aliphatic heterocycles. The number of rotatable bonds is 3. The molecule has 0 aromatic heterocycles. The Labute approximate surface area is 119 Å². The smallest absolute Gasteiger partial charge is 0.184 e. The Kier molecular flexibility index (Phi) is 3.96. The van der Waals surface area contributed by atoms with Crippen LogP contribution in [0.25, 0.3) is 0 Å². The maximum Gasteiger partial charge on any atom is 0.184 e. The van der Waals surface area contributed by atoms with Crippen molar-refractivity contribution in [1.29, 1.82) is 0 Å². The molecule has 0 aliphatic carbocycles. The Morgan fingerprint density at radius 3 is 2.50 bits per heavy atom. The molecule has 7 heteroatoms. The van der Waals surface area contributed by atoms with E-state index in [1.54, 1.807) is 0 Å². The van der Waals surface area contributed by atoms with Gasteiger partial charge in [0.1, 0.15) is 11.6 Å². The molecule has 0 bridgehead atoms. The van der Waals surface area contributed by atoms with Crippen molar-refractivity contribution in [2.24, 2.45) is 0 Å². The highest BCUT2D eigenvalue weighted by Gasteiger charge is 2.21. The van der Waals surface area contributed by atoms with Crippen LogP contribution in [-0.4, -0.2) is 8.42 Å². The minimum absolute atomic E-state index is 0.0890. The summed E-state index contributed by atoms with van der Waals surface area (Å²) in [6.45, 7) is 0. The van der Waals surface area contributed by atoms with Crippen LogP contribution in [0.3, 0.4) is 0 Å². The zero-order valence-corrected chi connectivity index (χ0v) is 11.7. The van der Waals surface area contributed by atoms with E-state index in [1.165, 1.54) is 12.1 Å². The Morgan fingerprint density at radius 2 is 1.80 bits per heavy atom. The summed E-state index contributed by atoms with van der Waals surface area (Å²) >= 11 is 5.70. The van der Waals surface area contributed by atoms with Crippen LogP contribution < -0.4 is 5.73 Å². The van der Waals surface area contributed by atoms with E-state index in [0.717, 1.165) is 24.3 Å². The lowest BCUT2D eigenvalue weighted by molar-refractivity contribution is 0.584. The van der Waals surface area contributed by atoms with Gasteiger partial charge in [0, 0.05) is 10.6 Å². The van der Waals surface area contributed by atoms with Crippen LogP contribution in [0.15, 0.2) is 41.3 Å². The van der Waals surface area contributed by atoms with Crippen LogP contribution in [0.5, 0.6) is 0 Å². The number of nitrogens with two attached hydrogens (primary N) is 1. The van der Waals surface area contributed by atoms with Crippen molar-refractivity contribution >= 4 is 27.1 Å². The number of sulfone groups is 1. The second kappa shape index (κ2) is 5.38. The van der Waals surface area contributed by atoms with Gasteiger partial charge in [0.25, 0.3) is 0 Å². The zero-order valence-electron chi connectivity index (χ0n) is 10.1. The van der Waals surface area contributed by atoms with Crippen LogP contribution in [0, 0.1) is 11.6 Å². The maximum absolute atomic E-state index is 13.6. The minimum atomic E-state index is -3.97. The molecular formula is C13H10ClF2NO2S. The van der Waals surface area contributed by atoms with Crippen LogP contribution in [0.2, 0.25) is 5.02 Å². The van der Waals surface area contributed by atoms with Gasteiger partial charge in [-0.15, -0.1) is 0 Å². The topological polar surface area (TPSA) is 60.2 Å². The van der Waals surface area contributed by atoms with E-state index in [0.29, 0.717) is 0 Å². The third-order valence-corrected chi connectivity index (χ3v) is 4.61. The first-order chi connectivity index (χ1) is 9.29. The van der Waals surface area contributed by atoms with Crippen molar-refractivity contribution in [3.05, 3.63) is 58.6 Å². The maximum atomic E-state index is 13.6. The molecule has 20 heavy (non-hydrogen) atoms. The van der Waals surface area contributed by atoms with Gasteiger partial charge in [-0.3, -0.25) is 0 Å². The molecule has 0 fully saturated rings. The lowest BCUT2D eigenvalue weighted by Gasteiger charge is -2.09. The summed E-state index contributed by atoms with van der Waals surface area (Å²) in [6, 6.07) is 6.60. The third kappa shape index (κ3) is 3.08. The minimum Gasteiger partial charge on any atom is -0.398 e. The molecule has 2 aromatic rings. The summed E-state index contributed by atoms with van der Waals surface area (Å²) < 4.78 is 51.1. The molecular weight excluding hydrogens is 308 g/mol. The lowest BCUT2D eigenvalue weighted by Crippen LogP contribution is -2.09. The SMILES string of the molecule is Nc1ccc(F)cc1S(=O)(=O)Cc1cc(Cl)ccc1F. The van der Waals surface area contributed by atoms with Crippen molar-refractivity contribution in [3.63, 3.8) is 0 Å². The highest BCUT2D eigenvalue weighted by Crippen LogP contribution is 2.25. The Hall–Kier alpha value is -1.66. The number of hydrogen-bond acceptors (Lipinski definition) is 3. The highest BCUT2D eigenvalue weighted by atomic mass is 35.5. The van der Waals surface area contributed by atoms with Gasteiger partial charge in [-0.2, -0.15) is 0 Å². The van der Waals surface area contributed by atoms with E-state index < -0.39 is 27.2 Å². The Morgan fingerprint density at radius 1 is 1.10 bits per heavy atom. The molecule has 0 saturated heterocycles. The van der Waals surface area contributed by atoms with Crippen molar-refractivity contribution in [3.8, 4) is 0 Å². The molecule has 0 heterocycles. The monoisotopic (exact) mass is 317 g/mol. The Balaban J connectivity index is 2.46. The summed E-state index contributed by atoms with van der Waals surface area (Å²) in [5, 5.41) is 0.212. The summed E-state index contributed by atoms with van der Waals surface area (Å²) in [4.78, 5) is -0.364. The number of anilines is 1. The number of halogens is 3. The van der Waals surface area contributed by atoms with Crippen molar-refractivity contribution in [2.45, 2.75) is 10.6 Å². The average Bonchev–Trinajstić information content (AvgIpc) is 2.36. The molecule has 2 rings (SSSR count). The van der Waals surface area contributed by atoms with Gasteiger partial charge in [0.05, 0.1) is 16.3 Å². The molecule has 0 aliphatic rings. The van der Waals surface area contributed by atoms with Crippen LogP contribution in [-0.2, 0) is 15.6 Å². The second-order valence-electron chi connectivity index (χ2n) is 4.18. The predicted molar refractivity (Wildman–Crippen MR) is 73.1 cm³/mol. The van der Waals surface area contributed by atoms with E-state index >= 15 is 0 Å². The number of benzene rings is 2. The molecule has 0 saturated carbocycles. The zero-order chi connectivity index (χ0) is 14.9. The first kappa shape index (κ1) is 14.7. The van der Waals surface area contributed by atoms with E-state index in [4.69, 9.17) is 17.3 Å². The molecule has 3 nitrogen and oxygen atoms in total. The van der Waals surface area contributed by atoms with Gasteiger partial charge in [-0.25, -0.2) is 17.2 Å². The van der Waals surface area contributed by atoms with Crippen LogP contribution >= 0.6 is 11.6 Å². The van der Waals surface area contributed by atoms with Crippen LogP contribution in [0.4, 0.5) is 14.5 Å². The van der Waals surface area contributed by atoms with Crippen molar-refractivity contribution in [1.82, 2.24) is 0 Å². The van der Waals surface area contributed by atoms with Gasteiger partial charge >= 0.3 is 0 Å². The highest BCUT2D eigenvalue weighted by molar-refractivity contribution is 7.90. The van der Waals surface area contributed by atoms with Gasteiger partial charge in [-0.05, 0) is 36.4 Å². The third-order valence-electron chi connectivity index (χ3n) is 2.66. The summed E-state index contributed by atoms with van der Waals surface area (Å²) in [5.74, 6) is -2.08. The Bertz CT molecular complexity index is 763. The largest absolute Gasteiger partial charge is 0.398 e. The van der Waals surface area contributed by atoms with Gasteiger partial charge < -0.3 is 5.73 Å². The fourth-order valence-electron chi connectivity index (χ4n) is 1.71. The average molecular weight is 318 g/mol. The van der Waals surface area contributed by atoms with Crippen molar-refractivity contribution < 1.29 is 17.2 Å². The molecule has 0 atom stereocenters. The van der Waals surface area contributed by atoms with E-state index in [-0.39, 0.29) is 21.2 Å². The molecule has 2 aromatic carbocycles. The normalized spacial score (nSPS) is 11.6. The number of hydrogen-bond donors (Lipinski definition) is 1. The summed E-state index contributed by atoms with van der Waals surface area (Å²) in [6.07, 6.45) is 0. The molecule has 0 radical (unpaired) electrons. The fourth-order valence-corrected chi connectivity index (χ4v) is 3.41. The second-order valence-corrected chi connectivity index (χ2v) is 6.57. The molecule has 2 N–H and O–H groups in total. The first-order valence-electron chi connectivity index (χ1n) is 5.51. The lowest BCUT2D eigenvalue weighted by atomic mass is 10.2. The van der Waals surface area contributed by atoms with Crippen molar-refractivity contribution in [2.75, 3.05) is 5.73 Å². The fraction of sp³-hybridized carbons (Fsp3) is 0.0769. The van der Waals surface area contributed by atoms with E-state index in [1.807, 2.05) is 0 Å². The van der Waals surface area contributed by atoms with Gasteiger partial charge in [0.15, 0.2) is 9.84 Å². The van der Waals surface area contributed by atoms with Gasteiger partial charge in [-0.1, -0.05) is 11.6 Å². The predicted octanol–water partition coefficient (Wildman–Crippen LogP) is 3.17. The van der Waals surface area contributed by atoms with Gasteiger partial charge in [0.2, 0.25) is 0 Å². The molecule has 0 spiro atoms. The first-order valence-corrected chi connectivity index (χ1v) is 7.54. The molecule has 106 valence electrons. The molecule has 0 unspecified atom stereocenters. The van der Waals surface area contributed by atoms with Crippen LogP contribution in [0.1, 0.15) is 5.56 Å². The molecule has 0 amide bonds. The van der Waals surface area contributed by atoms with E-state index in [9.17, 15) is 17.2 Å². The standard InChI is InChI=1S/C13H10ClF2NO2S/c14-9-1-3-11(16)8(5-9)7-20(18,19)13-6-10(15)2-4-12(13)17/h1-6H,7,17H2. The summed E-state index contributed by atoms with van der Waals surface area (Å²) in [5.41, 5.74) is 5.35. The van der Waals surface area contributed by atoms with E-state index in [2.05, 4.69) is 0 Å².